The van der Waals surface area contributed by atoms with Gasteiger partial charge in [-0.15, -0.1) is 12.3 Å². The summed E-state index contributed by atoms with van der Waals surface area (Å²) in [7, 11) is 0. The number of amides is 1. The fourth-order valence-electron chi connectivity index (χ4n) is 1.73. The van der Waals surface area contributed by atoms with Crippen molar-refractivity contribution in [1.82, 2.24) is 0 Å². The van der Waals surface area contributed by atoms with Crippen LogP contribution in [0.1, 0.15) is 32.1 Å². The first-order valence-corrected chi connectivity index (χ1v) is 4.10. The topological polar surface area (TPSA) is 52.3 Å². The van der Waals surface area contributed by atoms with Crippen LogP contribution in [0.25, 0.3) is 0 Å². The lowest BCUT2D eigenvalue weighted by Gasteiger charge is -2.25. The van der Waals surface area contributed by atoms with E-state index in [0.717, 1.165) is 25.7 Å². The number of carbonyl (C=O) groups is 1. The number of hydrogen-bond donors (Lipinski definition) is 1. The van der Waals surface area contributed by atoms with Gasteiger partial charge in [-0.1, -0.05) is 0 Å². The lowest BCUT2D eigenvalue weighted by Crippen LogP contribution is -2.34. The Hall–Kier alpha value is -1.17. The number of terminal acetylenes is 1. The summed E-state index contributed by atoms with van der Waals surface area (Å²) in [5, 5.41) is 0. The minimum Gasteiger partial charge on any atom is -0.442 e. The Morgan fingerprint density at radius 1 is 1.58 bits per heavy atom. The molecule has 0 aromatic carbocycles. The van der Waals surface area contributed by atoms with Crippen molar-refractivity contribution in [3.05, 3.63) is 0 Å². The van der Waals surface area contributed by atoms with E-state index in [1.165, 1.54) is 0 Å². The molecule has 1 saturated carbocycles. The third-order valence-electron chi connectivity index (χ3n) is 2.26. The molecule has 0 atom stereocenters. The largest absolute Gasteiger partial charge is 0.442 e. The van der Waals surface area contributed by atoms with Crippen LogP contribution in [0.2, 0.25) is 0 Å². The molecule has 0 radical (unpaired) electrons. The smallest absolute Gasteiger partial charge is 0.405 e. The highest BCUT2D eigenvalue weighted by Crippen LogP contribution is 2.35. The van der Waals surface area contributed by atoms with Gasteiger partial charge in [-0.25, -0.2) is 4.79 Å². The molecule has 1 fully saturated rings. The third kappa shape index (κ3) is 1.91. The number of primary amides is 1. The van der Waals surface area contributed by atoms with Gasteiger partial charge in [0, 0.05) is 6.42 Å². The van der Waals surface area contributed by atoms with E-state index >= 15 is 0 Å². The summed E-state index contributed by atoms with van der Waals surface area (Å²) in [5.74, 6) is 2.52. The maximum absolute atomic E-state index is 10.6. The van der Waals surface area contributed by atoms with Crippen LogP contribution >= 0.6 is 0 Å². The van der Waals surface area contributed by atoms with Crippen molar-refractivity contribution in [2.75, 3.05) is 0 Å². The Bertz CT molecular complexity index is 211. The van der Waals surface area contributed by atoms with E-state index in [2.05, 4.69) is 5.92 Å². The first kappa shape index (κ1) is 8.92. The highest BCUT2D eigenvalue weighted by atomic mass is 16.6. The van der Waals surface area contributed by atoms with E-state index < -0.39 is 11.7 Å². The van der Waals surface area contributed by atoms with Crippen LogP contribution in [-0.4, -0.2) is 11.7 Å². The predicted molar refractivity (Wildman–Crippen MR) is 45.3 cm³/mol. The highest BCUT2D eigenvalue weighted by molar-refractivity contribution is 5.65. The molecule has 3 nitrogen and oxygen atoms in total. The Morgan fingerprint density at radius 3 is 2.58 bits per heavy atom. The van der Waals surface area contributed by atoms with E-state index in [0.29, 0.717) is 6.42 Å². The molecular weight excluding hydrogens is 154 g/mol. The number of ether oxygens (including phenoxy) is 1. The van der Waals surface area contributed by atoms with Crippen molar-refractivity contribution >= 4 is 6.09 Å². The summed E-state index contributed by atoms with van der Waals surface area (Å²) in [5.41, 5.74) is 4.51. The molecule has 12 heavy (non-hydrogen) atoms. The maximum Gasteiger partial charge on any atom is 0.405 e. The molecule has 0 aromatic heterocycles. The Morgan fingerprint density at radius 2 is 2.17 bits per heavy atom. The van der Waals surface area contributed by atoms with Crippen molar-refractivity contribution in [3.63, 3.8) is 0 Å². The fraction of sp³-hybridized carbons (Fsp3) is 0.667. The second-order valence-corrected chi connectivity index (χ2v) is 3.19. The second-order valence-electron chi connectivity index (χ2n) is 3.19. The average Bonchev–Trinajstić information content (AvgIpc) is 2.36. The SMILES string of the molecule is C#CCC1(OC(N)=O)CCCC1. The van der Waals surface area contributed by atoms with Crippen molar-refractivity contribution in [1.29, 1.82) is 0 Å². The van der Waals surface area contributed by atoms with E-state index in [4.69, 9.17) is 16.9 Å². The van der Waals surface area contributed by atoms with Gasteiger partial charge in [-0.3, -0.25) is 0 Å². The maximum atomic E-state index is 10.6. The zero-order valence-corrected chi connectivity index (χ0v) is 7.01. The summed E-state index contributed by atoms with van der Waals surface area (Å²) >= 11 is 0. The molecule has 0 aliphatic heterocycles. The summed E-state index contributed by atoms with van der Waals surface area (Å²) < 4.78 is 5.04. The summed E-state index contributed by atoms with van der Waals surface area (Å²) in [6, 6.07) is 0. The molecule has 1 aliphatic rings. The summed E-state index contributed by atoms with van der Waals surface area (Å²) in [6.07, 6.45) is 8.78. The monoisotopic (exact) mass is 167 g/mol. The van der Waals surface area contributed by atoms with Gasteiger partial charge in [-0.2, -0.15) is 0 Å². The lowest BCUT2D eigenvalue weighted by molar-refractivity contribution is 0.0258. The van der Waals surface area contributed by atoms with Gasteiger partial charge in [0.05, 0.1) is 0 Å². The molecule has 1 amide bonds. The Balaban J connectivity index is 2.59. The first-order chi connectivity index (χ1) is 5.68. The molecule has 0 spiro atoms. The van der Waals surface area contributed by atoms with Crippen LogP contribution in [0.3, 0.4) is 0 Å². The molecule has 1 rings (SSSR count). The van der Waals surface area contributed by atoms with E-state index in [1.807, 2.05) is 0 Å². The fourth-order valence-corrected chi connectivity index (χ4v) is 1.73. The van der Waals surface area contributed by atoms with Crippen LogP contribution in [0.4, 0.5) is 4.79 Å². The lowest BCUT2D eigenvalue weighted by atomic mass is 9.98. The van der Waals surface area contributed by atoms with Crippen molar-refractivity contribution in [2.45, 2.75) is 37.7 Å². The molecule has 0 unspecified atom stereocenters. The molecule has 1 aliphatic carbocycles. The molecular formula is C9H13NO2. The van der Waals surface area contributed by atoms with Crippen LogP contribution in [0.5, 0.6) is 0 Å². The van der Waals surface area contributed by atoms with Crippen LogP contribution in [-0.2, 0) is 4.74 Å². The Kier molecular flexibility index (Phi) is 2.59. The molecule has 0 bridgehead atoms. The third-order valence-corrected chi connectivity index (χ3v) is 2.26. The highest BCUT2D eigenvalue weighted by Gasteiger charge is 2.36. The minimum absolute atomic E-state index is 0.444. The van der Waals surface area contributed by atoms with E-state index in [9.17, 15) is 4.79 Å². The van der Waals surface area contributed by atoms with Gasteiger partial charge < -0.3 is 10.5 Å². The van der Waals surface area contributed by atoms with Gasteiger partial charge in [0.2, 0.25) is 0 Å². The predicted octanol–water partition coefficient (Wildman–Crippen LogP) is 1.42. The molecule has 0 aromatic rings. The van der Waals surface area contributed by atoms with E-state index in [1.54, 1.807) is 0 Å². The van der Waals surface area contributed by atoms with Crippen LogP contribution in [0.15, 0.2) is 0 Å². The van der Waals surface area contributed by atoms with Crippen molar-refractivity contribution < 1.29 is 9.53 Å². The minimum atomic E-state index is -0.716. The standard InChI is InChI=1S/C9H13NO2/c1-2-5-9(12-8(10)11)6-3-4-7-9/h1H,3-7H2,(H2,10,11). The van der Waals surface area contributed by atoms with Gasteiger partial charge in [-0.05, 0) is 25.7 Å². The number of carbonyl (C=O) groups excluding carboxylic acids is 1. The van der Waals surface area contributed by atoms with Crippen molar-refractivity contribution in [3.8, 4) is 12.3 Å². The number of hydrogen-bond acceptors (Lipinski definition) is 2. The van der Waals surface area contributed by atoms with Crippen molar-refractivity contribution in [2.24, 2.45) is 5.73 Å². The van der Waals surface area contributed by atoms with Gasteiger partial charge >= 0.3 is 6.09 Å². The van der Waals surface area contributed by atoms with Gasteiger partial charge in [0.15, 0.2) is 0 Å². The van der Waals surface area contributed by atoms with Crippen LogP contribution in [0, 0.1) is 12.3 Å². The molecule has 0 saturated heterocycles. The van der Waals surface area contributed by atoms with E-state index in [-0.39, 0.29) is 0 Å². The molecule has 66 valence electrons. The second kappa shape index (κ2) is 3.48. The zero-order valence-electron chi connectivity index (χ0n) is 7.01. The molecule has 2 N–H and O–H groups in total. The normalized spacial score (nSPS) is 19.9. The first-order valence-electron chi connectivity index (χ1n) is 4.10. The average molecular weight is 167 g/mol. The van der Waals surface area contributed by atoms with Gasteiger partial charge in [0.25, 0.3) is 0 Å². The molecule has 3 heteroatoms. The Labute approximate surface area is 72.3 Å². The summed E-state index contributed by atoms with van der Waals surface area (Å²) in [4.78, 5) is 10.6. The van der Waals surface area contributed by atoms with Crippen LogP contribution < -0.4 is 5.73 Å². The molecule has 0 heterocycles. The zero-order chi connectivity index (χ0) is 9.03. The summed E-state index contributed by atoms with van der Waals surface area (Å²) in [6.45, 7) is 0. The van der Waals surface area contributed by atoms with Gasteiger partial charge in [0.1, 0.15) is 5.60 Å². The number of rotatable bonds is 2. The number of nitrogens with two attached hydrogens (primary N) is 1. The quantitative estimate of drug-likeness (QED) is 0.632.